The lowest BCUT2D eigenvalue weighted by Gasteiger charge is -2.13. The van der Waals surface area contributed by atoms with E-state index in [1.807, 2.05) is 6.92 Å². The average molecular weight is 234 g/mol. The van der Waals surface area contributed by atoms with Crippen LogP contribution in [0.3, 0.4) is 0 Å². The smallest absolute Gasteiger partial charge is 0.340 e. The van der Waals surface area contributed by atoms with Crippen LogP contribution in [0.2, 0.25) is 0 Å². The molecule has 2 nitrogen and oxygen atoms in total. The molecule has 0 aromatic rings. The van der Waals surface area contributed by atoms with Crippen LogP contribution >= 0.6 is 34.8 Å². The molecule has 0 saturated heterocycles. The van der Waals surface area contributed by atoms with Gasteiger partial charge in [-0.2, -0.15) is 0 Å². The minimum atomic E-state index is -1.66. The molecule has 5 heteroatoms. The Morgan fingerprint density at radius 1 is 1.58 bits per heavy atom. The van der Waals surface area contributed by atoms with Crippen molar-refractivity contribution in [1.82, 2.24) is 0 Å². The van der Waals surface area contributed by atoms with Gasteiger partial charge in [0.15, 0.2) is 0 Å². The van der Waals surface area contributed by atoms with Crippen molar-refractivity contribution in [2.45, 2.75) is 35.9 Å². The molecule has 12 heavy (non-hydrogen) atoms. The standard InChI is InChI=1S/C7H11Cl3O2/c1-5(8)3-2-4-7(9,10)6(11)12/h5H,2-4H2,1H3,(H,11,12). The molecule has 0 aromatic heterocycles. The fraction of sp³-hybridized carbons (Fsp3) is 0.857. The van der Waals surface area contributed by atoms with Crippen molar-refractivity contribution >= 4 is 40.8 Å². The first-order chi connectivity index (χ1) is 5.36. The lowest BCUT2D eigenvalue weighted by Crippen LogP contribution is -2.25. The van der Waals surface area contributed by atoms with Crippen molar-refractivity contribution in [3.63, 3.8) is 0 Å². The van der Waals surface area contributed by atoms with E-state index in [2.05, 4.69) is 0 Å². The van der Waals surface area contributed by atoms with Crippen LogP contribution in [0.5, 0.6) is 0 Å². The van der Waals surface area contributed by atoms with Crippen LogP contribution in [-0.4, -0.2) is 20.8 Å². The summed E-state index contributed by atoms with van der Waals surface area (Å²) in [7, 11) is 0. The first-order valence-electron chi connectivity index (χ1n) is 3.61. The number of hydrogen-bond acceptors (Lipinski definition) is 1. The Kier molecular flexibility index (Phi) is 5.30. The van der Waals surface area contributed by atoms with Crippen molar-refractivity contribution in [3.8, 4) is 0 Å². The van der Waals surface area contributed by atoms with Gasteiger partial charge in [0.25, 0.3) is 0 Å². The van der Waals surface area contributed by atoms with Crippen LogP contribution < -0.4 is 0 Å². The van der Waals surface area contributed by atoms with E-state index in [0.717, 1.165) is 6.42 Å². The van der Waals surface area contributed by atoms with Crippen LogP contribution in [0.15, 0.2) is 0 Å². The maximum atomic E-state index is 10.4. The number of alkyl halides is 3. The highest BCUT2D eigenvalue weighted by molar-refractivity contribution is 6.57. The van der Waals surface area contributed by atoms with E-state index in [-0.39, 0.29) is 11.8 Å². The monoisotopic (exact) mass is 232 g/mol. The van der Waals surface area contributed by atoms with Gasteiger partial charge >= 0.3 is 5.97 Å². The van der Waals surface area contributed by atoms with Crippen molar-refractivity contribution < 1.29 is 9.90 Å². The number of carboxylic acid groups (broad SMARTS) is 1. The Morgan fingerprint density at radius 2 is 2.08 bits per heavy atom. The quantitative estimate of drug-likeness (QED) is 0.741. The van der Waals surface area contributed by atoms with E-state index in [0.29, 0.717) is 6.42 Å². The van der Waals surface area contributed by atoms with Gasteiger partial charge in [0, 0.05) is 5.38 Å². The molecule has 0 amide bonds. The number of rotatable bonds is 5. The largest absolute Gasteiger partial charge is 0.479 e. The van der Waals surface area contributed by atoms with Gasteiger partial charge in [-0.15, -0.1) is 11.6 Å². The summed E-state index contributed by atoms with van der Waals surface area (Å²) in [5.74, 6) is -1.20. The summed E-state index contributed by atoms with van der Waals surface area (Å²) in [5, 5.41) is 8.54. The van der Waals surface area contributed by atoms with E-state index in [9.17, 15) is 4.79 Å². The molecular weight excluding hydrogens is 222 g/mol. The van der Waals surface area contributed by atoms with Gasteiger partial charge in [-0.1, -0.05) is 23.2 Å². The maximum absolute atomic E-state index is 10.4. The summed E-state index contributed by atoms with van der Waals surface area (Å²) >= 11 is 16.6. The summed E-state index contributed by atoms with van der Waals surface area (Å²) in [6, 6.07) is 0. The zero-order chi connectivity index (χ0) is 9.78. The second-order valence-electron chi connectivity index (χ2n) is 2.68. The van der Waals surface area contributed by atoms with Crippen LogP contribution in [0.4, 0.5) is 0 Å². The molecule has 0 heterocycles. The Morgan fingerprint density at radius 3 is 2.42 bits per heavy atom. The van der Waals surface area contributed by atoms with Crippen molar-refractivity contribution in [2.75, 3.05) is 0 Å². The van der Waals surface area contributed by atoms with E-state index in [1.165, 1.54) is 0 Å². The molecular formula is C7H11Cl3O2. The molecule has 1 unspecified atom stereocenters. The highest BCUT2D eigenvalue weighted by Crippen LogP contribution is 2.28. The number of carboxylic acids is 1. The summed E-state index contributed by atoms with van der Waals surface area (Å²) < 4.78 is -1.66. The summed E-state index contributed by atoms with van der Waals surface area (Å²) in [5.41, 5.74) is 0. The molecule has 0 aliphatic carbocycles. The molecule has 0 rings (SSSR count). The van der Waals surface area contributed by atoms with Crippen molar-refractivity contribution in [3.05, 3.63) is 0 Å². The Labute approximate surface area is 86.8 Å². The van der Waals surface area contributed by atoms with E-state index in [4.69, 9.17) is 39.9 Å². The van der Waals surface area contributed by atoms with Crippen LogP contribution in [0.25, 0.3) is 0 Å². The fourth-order valence-electron chi connectivity index (χ4n) is 0.712. The number of carbonyl (C=O) groups is 1. The van der Waals surface area contributed by atoms with Gasteiger partial charge in [-0.3, -0.25) is 0 Å². The van der Waals surface area contributed by atoms with Crippen molar-refractivity contribution in [1.29, 1.82) is 0 Å². The average Bonchev–Trinajstić information content (AvgIpc) is 1.85. The second kappa shape index (κ2) is 5.15. The normalized spacial score (nSPS) is 14.3. The second-order valence-corrected chi connectivity index (χ2v) is 4.91. The highest BCUT2D eigenvalue weighted by atomic mass is 35.5. The van der Waals surface area contributed by atoms with Gasteiger partial charge in [0.2, 0.25) is 4.33 Å². The van der Waals surface area contributed by atoms with Gasteiger partial charge in [-0.25, -0.2) is 4.79 Å². The summed E-state index contributed by atoms with van der Waals surface area (Å²) in [6.45, 7) is 1.84. The highest BCUT2D eigenvalue weighted by Gasteiger charge is 2.32. The van der Waals surface area contributed by atoms with Crippen LogP contribution in [-0.2, 0) is 4.79 Å². The lowest BCUT2D eigenvalue weighted by atomic mass is 10.1. The predicted octanol–water partition coefficient (Wildman–Crippen LogP) is 3.04. The first-order valence-corrected chi connectivity index (χ1v) is 4.81. The van der Waals surface area contributed by atoms with Gasteiger partial charge in [0.1, 0.15) is 0 Å². The summed E-state index contributed by atoms with van der Waals surface area (Å²) in [6.07, 6.45) is 1.56. The molecule has 0 radical (unpaired) electrons. The lowest BCUT2D eigenvalue weighted by molar-refractivity contribution is -0.138. The van der Waals surface area contributed by atoms with Crippen molar-refractivity contribution in [2.24, 2.45) is 0 Å². The molecule has 1 N–H and O–H groups in total. The van der Waals surface area contributed by atoms with Crippen LogP contribution in [0, 0.1) is 0 Å². The Hall–Kier alpha value is 0.340. The number of hydrogen-bond donors (Lipinski definition) is 1. The van der Waals surface area contributed by atoms with Gasteiger partial charge < -0.3 is 5.11 Å². The molecule has 0 aliphatic rings. The minimum Gasteiger partial charge on any atom is -0.479 e. The van der Waals surface area contributed by atoms with Gasteiger partial charge in [0.05, 0.1) is 0 Å². The Balaban J connectivity index is 3.69. The predicted molar refractivity (Wildman–Crippen MR) is 51.2 cm³/mol. The minimum absolute atomic E-state index is 0.0305. The molecule has 72 valence electrons. The molecule has 0 aliphatic heterocycles. The fourth-order valence-corrected chi connectivity index (χ4v) is 1.13. The molecule has 0 saturated carbocycles. The zero-order valence-corrected chi connectivity index (χ0v) is 8.96. The SMILES string of the molecule is CC(Cl)CCCC(Cl)(Cl)C(=O)O. The number of aliphatic carboxylic acids is 1. The Bertz CT molecular complexity index is 157. The first kappa shape index (κ1) is 12.3. The molecule has 0 fully saturated rings. The third-order valence-corrected chi connectivity index (χ3v) is 2.33. The zero-order valence-electron chi connectivity index (χ0n) is 6.69. The topological polar surface area (TPSA) is 37.3 Å². The van der Waals surface area contributed by atoms with Crippen LogP contribution in [0.1, 0.15) is 26.2 Å². The maximum Gasteiger partial charge on any atom is 0.340 e. The third-order valence-electron chi connectivity index (χ3n) is 1.41. The molecule has 0 spiro atoms. The number of halogens is 3. The summed E-state index contributed by atoms with van der Waals surface area (Å²) in [4.78, 5) is 10.4. The van der Waals surface area contributed by atoms with E-state index < -0.39 is 10.3 Å². The molecule has 0 bridgehead atoms. The third kappa shape index (κ3) is 5.07. The van der Waals surface area contributed by atoms with E-state index >= 15 is 0 Å². The molecule has 0 aromatic carbocycles. The molecule has 1 atom stereocenters. The van der Waals surface area contributed by atoms with Gasteiger partial charge in [-0.05, 0) is 26.2 Å². The van der Waals surface area contributed by atoms with E-state index in [1.54, 1.807) is 0 Å².